The first kappa shape index (κ1) is 16.2. The summed E-state index contributed by atoms with van der Waals surface area (Å²) in [4.78, 5) is 0. The van der Waals surface area contributed by atoms with Crippen molar-refractivity contribution in [2.45, 2.75) is 33.6 Å². The van der Waals surface area contributed by atoms with Crippen LogP contribution in [0.1, 0.15) is 31.4 Å². The minimum absolute atomic E-state index is 0.150. The Kier molecular flexibility index (Phi) is 6.32. The predicted octanol–water partition coefficient (Wildman–Crippen LogP) is 5.50. The van der Waals surface area contributed by atoms with E-state index in [2.05, 4.69) is 45.7 Å². The van der Waals surface area contributed by atoms with Crippen LogP contribution in [0.2, 0.25) is 0 Å². The third kappa shape index (κ3) is 4.34. The highest BCUT2D eigenvalue weighted by Gasteiger charge is 2.29. The molecule has 0 N–H and O–H groups in total. The van der Waals surface area contributed by atoms with Gasteiger partial charge in [0.05, 0.1) is 0 Å². The summed E-state index contributed by atoms with van der Waals surface area (Å²) in [6, 6.07) is 5.11. The van der Waals surface area contributed by atoms with Gasteiger partial charge < -0.3 is 0 Å². The molecule has 102 valence electrons. The Hall–Kier alpha value is 0.110. The number of benzene rings is 1. The molecule has 0 saturated carbocycles. The van der Waals surface area contributed by atoms with Crippen LogP contribution in [-0.4, -0.2) is 10.7 Å². The van der Waals surface area contributed by atoms with E-state index >= 15 is 0 Å². The molecular weight excluding hydrogens is 359 g/mol. The molecule has 0 aliphatic heterocycles. The minimum Gasteiger partial charge on any atom is -0.207 e. The standard InChI is InChI=1S/C15H21Br2F/c1-11(2)7-15(9-16,10-17)8-13-4-5-14(18)6-12(13)3/h4-6,11H,7-10H2,1-3H3. The number of halogens is 3. The van der Waals surface area contributed by atoms with E-state index in [1.165, 1.54) is 5.56 Å². The van der Waals surface area contributed by atoms with Crippen molar-refractivity contribution < 1.29 is 4.39 Å². The summed E-state index contributed by atoms with van der Waals surface area (Å²) in [5, 5.41) is 1.92. The summed E-state index contributed by atoms with van der Waals surface area (Å²) < 4.78 is 13.1. The number of alkyl halides is 2. The molecule has 0 saturated heterocycles. The van der Waals surface area contributed by atoms with Gasteiger partial charge in [0.2, 0.25) is 0 Å². The monoisotopic (exact) mass is 378 g/mol. The molecule has 0 radical (unpaired) electrons. The van der Waals surface area contributed by atoms with Crippen molar-refractivity contribution in [2.24, 2.45) is 11.3 Å². The quantitative estimate of drug-likeness (QED) is 0.572. The van der Waals surface area contributed by atoms with Gasteiger partial charge in [0.1, 0.15) is 5.82 Å². The van der Waals surface area contributed by atoms with Crippen LogP contribution in [0.5, 0.6) is 0 Å². The lowest BCUT2D eigenvalue weighted by Crippen LogP contribution is -2.30. The Balaban J connectivity index is 2.95. The van der Waals surface area contributed by atoms with E-state index in [4.69, 9.17) is 0 Å². The maximum atomic E-state index is 13.1. The molecule has 0 aliphatic rings. The normalized spacial score (nSPS) is 12.2. The maximum absolute atomic E-state index is 13.1. The van der Waals surface area contributed by atoms with E-state index in [-0.39, 0.29) is 11.2 Å². The molecule has 0 unspecified atom stereocenters. The number of hydrogen-bond donors (Lipinski definition) is 0. The first-order valence-electron chi connectivity index (χ1n) is 6.29. The fraction of sp³-hybridized carbons (Fsp3) is 0.600. The third-order valence-electron chi connectivity index (χ3n) is 3.28. The summed E-state index contributed by atoms with van der Waals surface area (Å²) >= 11 is 7.31. The number of rotatable bonds is 6. The molecule has 0 atom stereocenters. The second-order valence-corrected chi connectivity index (χ2v) is 6.73. The van der Waals surface area contributed by atoms with Gasteiger partial charge in [0.15, 0.2) is 0 Å². The Labute approximate surface area is 127 Å². The average molecular weight is 380 g/mol. The highest BCUT2D eigenvalue weighted by atomic mass is 79.9. The first-order chi connectivity index (χ1) is 8.42. The molecule has 0 amide bonds. The Morgan fingerprint density at radius 1 is 1.22 bits per heavy atom. The fourth-order valence-electron chi connectivity index (χ4n) is 2.44. The van der Waals surface area contributed by atoms with Gasteiger partial charge in [0.25, 0.3) is 0 Å². The van der Waals surface area contributed by atoms with Crippen molar-refractivity contribution in [3.05, 3.63) is 35.1 Å². The highest BCUT2D eigenvalue weighted by Crippen LogP contribution is 2.35. The maximum Gasteiger partial charge on any atom is 0.123 e. The van der Waals surface area contributed by atoms with Gasteiger partial charge in [-0.15, -0.1) is 0 Å². The molecule has 0 heterocycles. The van der Waals surface area contributed by atoms with Crippen LogP contribution in [0.4, 0.5) is 4.39 Å². The molecule has 0 aromatic heterocycles. The zero-order valence-electron chi connectivity index (χ0n) is 11.3. The van der Waals surface area contributed by atoms with E-state index in [0.29, 0.717) is 5.92 Å². The van der Waals surface area contributed by atoms with Crippen molar-refractivity contribution in [1.29, 1.82) is 0 Å². The molecule has 0 spiro atoms. The molecule has 0 nitrogen and oxygen atoms in total. The second-order valence-electron chi connectivity index (χ2n) is 5.61. The molecular formula is C15H21Br2F. The smallest absolute Gasteiger partial charge is 0.123 e. The molecule has 0 bridgehead atoms. The van der Waals surface area contributed by atoms with Crippen molar-refractivity contribution in [2.75, 3.05) is 10.7 Å². The lowest BCUT2D eigenvalue weighted by molar-refractivity contribution is 0.304. The number of hydrogen-bond acceptors (Lipinski definition) is 0. The van der Waals surface area contributed by atoms with Gasteiger partial charge in [-0.3, -0.25) is 0 Å². The van der Waals surface area contributed by atoms with Crippen molar-refractivity contribution in [1.82, 2.24) is 0 Å². The predicted molar refractivity (Wildman–Crippen MR) is 84.3 cm³/mol. The van der Waals surface area contributed by atoms with Crippen LogP contribution in [-0.2, 0) is 6.42 Å². The molecule has 3 heteroatoms. The summed E-state index contributed by atoms with van der Waals surface area (Å²) in [5.41, 5.74) is 2.50. The van der Waals surface area contributed by atoms with Gasteiger partial charge in [-0.1, -0.05) is 51.8 Å². The van der Waals surface area contributed by atoms with Gasteiger partial charge >= 0.3 is 0 Å². The lowest BCUT2D eigenvalue weighted by atomic mass is 9.78. The van der Waals surface area contributed by atoms with E-state index in [0.717, 1.165) is 29.1 Å². The summed E-state index contributed by atoms with van der Waals surface area (Å²) in [7, 11) is 0. The Morgan fingerprint density at radius 3 is 2.28 bits per heavy atom. The molecule has 0 aliphatic carbocycles. The topological polar surface area (TPSA) is 0 Å². The van der Waals surface area contributed by atoms with Crippen molar-refractivity contribution in [3.63, 3.8) is 0 Å². The van der Waals surface area contributed by atoms with Gasteiger partial charge in [-0.2, -0.15) is 0 Å². The van der Waals surface area contributed by atoms with Gasteiger partial charge in [-0.05, 0) is 54.4 Å². The third-order valence-corrected chi connectivity index (χ3v) is 5.66. The lowest BCUT2D eigenvalue weighted by Gasteiger charge is -2.32. The summed E-state index contributed by atoms with van der Waals surface area (Å²) in [6.07, 6.45) is 2.13. The summed E-state index contributed by atoms with van der Waals surface area (Å²) in [5.74, 6) is 0.504. The number of aryl methyl sites for hydroxylation is 1. The van der Waals surface area contributed by atoms with Crippen LogP contribution < -0.4 is 0 Å². The average Bonchev–Trinajstić information content (AvgIpc) is 2.31. The zero-order valence-corrected chi connectivity index (χ0v) is 14.4. The van der Waals surface area contributed by atoms with Crippen LogP contribution in [0.15, 0.2) is 18.2 Å². The molecule has 1 aromatic rings. The second kappa shape index (κ2) is 7.04. The van der Waals surface area contributed by atoms with E-state index in [9.17, 15) is 4.39 Å². The van der Waals surface area contributed by atoms with Crippen molar-refractivity contribution >= 4 is 31.9 Å². The van der Waals surface area contributed by atoms with Crippen LogP contribution in [0.25, 0.3) is 0 Å². The van der Waals surface area contributed by atoms with Crippen LogP contribution in [0.3, 0.4) is 0 Å². The Bertz CT molecular complexity index is 384. The SMILES string of the molecule is Cc1cc(F)ccc1CC(CBr)(CBr)CC(C)C. The summed E-state index contributed by atoms with van der Waals surface area (Å²) in [6.45, 7) is 6.48. The van der Waals surface area contributed by atoms with E-state index in [1.54, 1.807) is 12.1 Å². The zero-order chi connectivity index (χ0) is 13.8. The molecule has 18 heavy (non-hydrogen) atoms. The van der Waals surface area contributed by atoms with Crippen molar-refractivity contribution in [3.8, 4) is 0 Å². The van der Waals surface area contributed by atoms with E-state index in [1.807, 2.05) is 13.0 Å². The van der Waals surface area contributed by atoms with Crippen LogP contribution >= 0.6 is 31.9 Å². The minimum atomic E-state index is -0.150. The van der Waals surface area contributed by atoms with E-state index < -0.39 is 0 Å². The first-order valence-corrected chi connectivity index (χ1v) is 8.54. The molecule has 0 fully saturated rings. The van der Waals surface area contributed by atoms with Gasteiger partial charge in [0, 0.05) is 10.7 Å². The molecule has 1 aromatic carbocycles. The fourth-order valence-corrected chi connectivity index (χ4v) is 4.22. The van der Waals surface area contributed by atoms with Crippen LogP contribution in [0, 0.1) is 24.1 Å². The van der Waals surface area contributed by atoms with Gasteiger partial charge in [-0.25, -0.2) is 4.39 Å². The Morgan fingerprint density at radius 2 is 1.83 bits per heavy atom. The largest absolute Gasteiger partial charge is 0.207 e. The molecule has 1 rings (SSSR count). The highest BCUT2D eigenvalue weighted by molar-refractivity contribution is 9.09.